The number of nitrogens with one attached hydrogen (secondary N) is 1. The van der Waals surface area contributed by atoms with Crippen molar-refractivity contribution in [2.75, 3.05) is 23.4 Å². The zero-order valence-electron chi connectivity index (χ0n) is 9.87. The summed E-state index contributed by atoms with van der Waals surface area (Å²) in [6, 6.07) is 1.89. The molecule has 1 N–H and O–H groups in total. The molecule has 5 heteroatoms. The van der Waals surface area contributed by atoms with Crippen molar-refractivity contribution < 1.29 is 0 Å². The van der Waals surface area contributed by atoms with Crippen LogP contribution in [0.25, 0.3) is 0 Å². The molecule has 1 rings (SSSR count). The second-order valence-corrected chi connectivity index (χ2v) is 5.34. The first kappa shape index (κ1) is 14.3. The molecule has 0 atom stereocenters. The van der Waals surface area contributed by atoms with E-state index in [1.807, 2.05) is 6.07 Å². The molecule has 17 heavy (non-hydrogen) atoms. The van der Waals surface area contributed by atoms with E-state index in [0.717, 1.165) is 47.1 Å². The highest BCUT2D eigenvalue weighted by atomic mass is 79.9. The third-order valence-corrected chi connectivity index (χ3v) is 3.22. The molecule has 1 heterocycles. The summed E-state index contributed by atoms with van der Waals surface area (Å²) in [5, 5.41) is 3.27. The summed E-state index contributed by atoms with van der Waals surface area (Å²) in [7, 11) is 0. The van der Waals surface area contributed by atoms with Crippen LogP contribution in [0.3, 0.4) is 0 Å². The van der Waals surface area contributed by atoms with Gasteiger partial charge in [-0.15, -0.1) is 18.2 Å². The molecule has 0 spiro atoms. The molecule has 0 saturated heterocycles. The number of thioether (sulfide) groups is 1. The van der Waals surface area contributed by atoms with Crippen molar-refractivity contribution in [2.24, 2.45) is 0 Å². The minimum Gasteiger partial charge on any atom is -0.369 e. The van der Waals surface area contributed by atoms with Crippen LogP contribution >= 0.6 is 27.7 Å². The van der Waals surface area contributed by atoms with E-state index in [-0.39, 0.29) is 0 Å². The summed E-state index contributed by atoms with van der Waals surface area (Å²) in [5.74, 6) is 6.09. The van der Waals surface area contributed by atoms with Crippen LogP contribution in [0.1, 0.15) is 19.2 Å². The molecule has 0 fully saturated rings. The van der Waals surface area contributed by atoms with E-state index in [9.17, 15) is 0 Å². The van der Waals surface area contributed by atoms with Gasteiger partial charge in [0, 0.05) is 24.8 Å². The molecule has 0 unspecified atom stereocenters. The molecule has 0 radical (unpaired) electrons. The van der Waals surface area contributed by atoms with Gasteiger partial charge < -0.3 is 5.32 Å². The van der Waals surface area contributed by atoms with Gasteiger partial charge in [-0.2, -0.15) is 0 Å². The van der Waals surface area contributed by atoms with Gasteiger partial charge >= 0.3 is 0 Å². The van der Waals surface area contributed by atoms with Crippen LogP contribution in [0.2, 0.25) is 0 Å². The average Bonchev–Trinajstić information content (AvgIpc) is 2.28. The average molecular weight is 314 g/mol. The lowest BCUT2D eigenvalue weighted by molar-refractivity contribution is 0.829. The van der Waals surface area contributed by atoms with Gasteiger partial charge in [0.05, 0.1) is 5.75 Å². The van der Waals surface area contributed by atoms with Crippen molar-refractivity contribution in [1.29, 1.82) is 0 Å². The number of halogens is 1. The zero-order valence-corrected chi connectivity index (χ0v) is 12.3. The van der Waals surface area contributed by atoms with Gasteiger partial charge in [-0.1, -0.05) is 12.8 Å². The molecule has 0 saturated carbocycles. The van der Waals surface area contributed by atoms with Crippen molar-refractivity contribution in [2.45, 2.75) is 19.8 Å². The Morgan fingerprint density at radius 3 is 3.06 bits per heavy atom. The van der Waals surface area contributed by atoms with E-state index in [1.165, 1.54) is 0 Å². The number of rotatable bonds is 7. The molecule has 0 bridgehead atoms. The topological polar surface area (TPSA) is 37.8 Å². The molecule has 0 aliphatic heterocycles. The molecule has 1 aromatic heterocycles. The molecular weight excluding hydrogens is 298 g/mol. The fourth-order valence-electron chi connectivity index (χ4n) is 1.27. The lowest BCUT2D eigenvalue weighted by atomic mass is 10.3. The van der Waals surface area contributed by atoms with Gasteiger partial charge in [0.25, 0.3) is 0 Å². The van der Waals surface area contributed by atoms with Gasteiger partial charge in [-0.05, 0) is 22.4 Å². The van der Waals surface area contributed by atoms with E-state index in [0.29, 0.717) is 0 Å². The quantitative estimate of drug-likeness (QED) is 0.477. The number of terminal acetylenes is 1. The number of nitrogens with zero attached hydrogens (tertiary/aromatic N) is 2. The second-order valence-electron chi connectivity index (χ2n) is 3.43. The normalized spacial score (nSPS) is 9.94. The summed E-state index contributed by atoms with van der Waals surface area (Å²) in [4.78, 5) is 8.75. The van der Waals surface area contributed by atoms with Crippen LogP contribution < -0.4 is 5.32 Å². The Bertz CT molecular complexity index is 390. The van der Waals surface area contributed by atoms with E-state index in [2.05, 4.69) is 44.1 Å². The summed E-state index contributed by atoms with van der Waals surface area (Å²) < 4.78 is 0.828. The van der Waals surface area contributed by atoms with Crippen LogP contribution in [0.4, 0.5) is 5.82 Å². The summed E-state index contributed by atoms with van der Waals surface area (Å²) in [5.41, 5.74) is 0. The highest BCUT2D eigenvalue weighted by molar-refractivity contribution is 9.10. The zero-order chi connectivity index (χ0) is 12.5. The van der Waals surface area contributed by atoms with Gasteiger partial charge in [-0.25, -0.2) is 9.97 Å². The number of aromatic nitrogens is 2. The maximum Gasteiger partial charge on any atom is 0.132 e. The van der Waals surface area contributed by atoms with Crippen molar-refractivity contribution in [3.63, 3.8) is 0 Å². The Kier molecular flexibility index (Phi) is 7.06. The van der Waals surface area contributed by atoms with Crippen molar-refractivity contribution >= 4 is 33.5 Å². The summed E-state index contributed by atoms with van der Waals surface area (Å²) >= 11 is 5.13. The third kappa shape index (κ3) is 5.94. The Labute approximate surface area is 115 Å². The number of anilines is 1. The first-order valence-corrected chi connectivity index (χ1v) is 7.49. The Morgan fingerprint density at radius 2 is 2.35 bits per heavy atom. The summed E-state index contributed by atoms with van der Waals surface area (Å²) in [6.07, 6.45) is 7.13. The largest absolute Gasteiger partial charge is 0.369 e. The first-order valence-electron chi connectivity index (χ1n) is 5.54. The van der Waals surface area contributed by atoms with E-state index in [1.54, 1.807) is 11.8 Å². The minimum atomic E-state index is 0.760. The number of aryl methyl sites for hydroxylation is 1. The Balaban J connectivity index is 2.44. The number of hydrogen-bond acceptors (Lipinski definition) is 4. The van der Waals surface area contributed by atoms with Gasteiger partial charge in [0.2, 0.25) is 0 Å². The van der Waals surface area contributed by atoms with Crippen LogP contribution in [-0.2, 0) is 6.42 Å². The maximum atomic E-state index is 5.18. The second kappa shape index (κ2) is 8.37. The van der Waals surface area contributed by atoms with Gasteiger partial charge in [0.15, 0.2) is 0 Å². The lowest BCUT2D eigenvalue weighted by Gasteiger charge is -2.07. The fourth-order valence-corrected chi connectivity index (χ4v) is 2.20. The molecular formula is C12H16BrN3S. The molecule has 0 aromatic carbocycles. The smallest absolute Gasteiger partial charge is 0.132 e. The third-order valence-electron chi connectivity index (χ3n) is 1.95. The van der Waals surface area contributed by atoms with Crippen LogP contribution in [0.5, 0.6) is 0 Å². The van der Waals surface area contributed by atoms with Gasteiger partial charge in [0.1, 0.15) is 16.2 Å². The van der Waals surface area contributed by atoms with Crippen molar-refractivity contribution in [3.8, 4) is 12.3 Å². The van der Waals surface area contributed by atoms with E-state index >= 15 is 0 Å². The van der Waals surface area contributed by atoms with Gasteiger partial charge in [-0.3, -0.25) is 0 Å². The molecule has 0 aliphatic rings. The van der Waals surface area contributed by atoms with E-state index in [4.69, 9.17) is 6.42 Å². The minimum absolute atomic E-state index is 0.760. The fraction of sp³-hybridized carbons (Fsp3) is 0.500. The molecule has 1 aromatic rings. The van der Waals surface area contributed by atoms with Crippen molar-refractivity contribution in [1.82, 2.24) is 9.97 Å². The molecule has 3 nitrogen and oxygen atoms in total. The monoisotopic (exact) mass is 313 g/mol. The van der Waals surface area contributed by atoms with Crippen molar-refractivity contribution in [3.05, 3.63) is 16.5 Å². The standard InChI is InChI=1S/C12H16BrN3S/c1-3-5-11-15-10(13)9-12(16-11)14-6-8-17-7-4-2/h2,9H,3,5-8H2,1H3,(H,14,15,16). The Hall–Kier alpha value is -0.730. The predicted molar refractivity (Wildman–Crippen MR) is 78.4 cm³/mol. The summed E-state index contributed by atoms with van der Waals surface area (Å²) in [6.45, 7) is 2.98. The first-order chi connectivity index (χ1) is 8.26. The highest BCUT2D eigenvalue weighted by Gasteiger charge is 2.01. The van der Waals surface area contributed by atoms with E-state index < -0.39 is 0 Å². The predicted octanol–water partition coefficient (Wildman–Crippen LogP) is 2.97. The SMILES string of the molecule is C#CCSCCNc1cc(Br)nc(CCC)n1. The number of hydrogen-bond donors (Lipinski definition) is 1. The molecule has 0 aliphatic carbocycles. The van der Waals surface area contributed by atoms with Crippen LogP contribution in [0.15, 0.2) is 10.7 Å². The molecule has 0 amide bonds. The van der Waals surface area contributed by atoms with Crippen LogP contribution in [0, 0.1) is 12.3 Å². The van der Waals surface area contributed by atoms with Crippen LogP contribution in [-0.4, -0.2) is 28.0 Å². The Morgan fingerprint density at radius 1 is 1.53 bits per heavy atom. The maximum absolute atomic E-state index is 5.18. The lowest BCUT2D eigenvalue weighted by Crippen LogP contribution is -2.08. The highest BCUT2D eigenvalue weighted by Crippen LogP contribution is 2.13. The molecule has 92 valence electrons.